The van der Waals surface area contributed by atoms with Gasteiger partial charge in [-0.2, -0.15) is 0 Å². The quantitative estimate of drug-likeness (QED) is 0.403. The highest BCUT2D eigenvalue weighted by atomic mass is 35.5. The highest BCUT2D eigenvalue weighted by molar-refractivity contribution is 6.33. The molecule has 1 saturated heterocycles. The summed E-state index contributed by atoms with van der Waals surface area (Å²) in [4.78, 5) is 20.1. The van der Waals surface area contributed by atoms with E-state index in [1.165, 1.54) is 5.56 Å². The number of rotatable bonds is 11. The van der Waals surface area contributed by atoms with E-state index in [0.717, 1.165) is 43.2 Å². The number of carbonyl (C=O) groups excluding carboxylic acids is 1. The van der Waals surface area contributed by atoms with Crippen LogP contribution in [0.15, 0.2) is 36.5 Å². The van der Waals surface area contributed by atoms with Crippen molar-refractivity contribution in [3.63, 3.8) is 0 Å². The molecule has 7 nitrogen and oxygen atoms in total. The van der Waals surface area contributed by atoms with Gasteiger partial charge in [0, 0.05) is 44.0 Å². The van der Waals surface area contributed by atoms with Crippen molar-refractivity contribution in [3.8, 4) is 11.1 Å². The predicted molar refractivity (Wildman–Crippen MR) is 150 cm³/mol. The molecule has 1 amide bonds. The van der Waals surface area contributed by atoms with Crippen LogP contribution >= 0.6 is 11.6 Å². The second-order valence-corrected chi connectivity index (χ2v) is 11.0. The molecule has 4 atom stereocenters. The largest absolute Gasteiger partial charge is 0.385 e. The van der Waals surface area contributed by atoms with Crippen LogP contribution < -0.4 is 5.32 Å². The van der Waals surface area contributed by atoms with Crippen molar-refractivity contribution in [1.82, 2.24) is 15.2 Å². The van der Waals surface area contributed by atoms with Crippen molar-refractivity contribution < 1.29 is 19.4 Å². The topological polar surface area (TPSA) is 83.9 Å². The number of morpholine rings is 1. The van der Waals surface area contributed by atoms with E-state index in [4.69, 9.17) is 26.1 Å². The zero-order valence-electron chi connectivity index (χ0n) is 22.9. The van der Waals surface area contributed by atoms with Gasteiger partial charge in [0.25, 0.3) is 0 Å². The van der Waals surface area contributed by atoms with E-state index in [1.807, 2.05) is 24.1 Å². The summed E-state index contributed by atoms with van der Waals surface area (Å²) in [6.07, 6.45) is 6.60. The molecule has 208 valence electrons. The van der Waals surface area contributed by atoms with Crippen LogP contribution in [0.2, 0.25) is 5.02 Å². The molecule has 2 aromatic rings. The van der Waals surface area contributed by atoms with Gasteiger partial charge in [0.05, 0.1) is 23.9 Å². The maximum atomic E-state index is 13.5. The monoisotopic (exact) mass is 543 g/mol. The van der Waals surface area contributed by atoms with Crippen LogP contribution in [0, 0.1) is 5.92 Å². The maximum Gasteiger partial charge on any atom is 0.225 e. The van der Waals surface area contributed by atoms with Gasteiger partial charge in [-0.25, -0.2) is 0 Å². The third-order valence-corrected chi connectivity index (χ3v) is 8.51. The van der Waals surface area contributed by atoms with E-state index >= 15 is 0 Å². The number of amides is 1. The van der Waals surface area contributed by atoms with Crippen LogP contribution in [0.25, 0.3) is 11.1 Å². The first-order valence-electron chi connectivity index (χ1n) is 13.9. The molecule has 2 N–H and O–H groups in total. The summed E-state index contributed by atoms with van der Waals surface area (Å²) in [6.45, 7) is 3.95. The Balaban J connectivity index is 1.68. The average molecular weight is 544 g/mol. The Morgan fingerprint density at radius 2 is 2.16 bits per heavy atom. The summed E-state index contributed by atoms with van der Waals surface area (Å²) in [7, 11) is 3.64. The molecule has 1 saturated carbocycles. The van der Waals surface area contributed by atoms with Crippen molar-refractivity contribution in [2.75, 3.05) is 40.5 Å². The lowest BCUT2D eigenvalue weighted by Crippen LogP contribution is -2.55. The average Bonchev–Trinajstić information content (AvgIpc) is 3.44. The SMILES string of the molecule is CCc1cccc(-c2c(Cl)ccnc2[C@](O)(CCCCOC)[C@H]2CN(C(=O)[C@@H]3CC[C@H](NC)C3)CCO2)c1. The Morgan fingerprint density at radius 1 is 1.32 bits per heavy atom. The summed E-state index contributed by atoms with van der Waals surface area (Å²) in [5.74, 6) is 0.172. The summed E-state index contributed by atoms with van der Waals surface area (Å²) >= 11 is 6.80. The van der Waals surface area contributed by atoms with Gasteiger partial charge < -0.3 is 24.8 Å². The normalized spacial score (nSPS) is 23.4. The maximum absolute atomic E-state index is 13.5. The second kappa shape index (κ2) is 13.4. The number of nitrogens with one attached hydrogen (secondary N) is 1. The number of aromatic nitrogens is 1. The van der Waals surface area contributed by atoms with E-state index in [1.54, 1.807) is 19.4 Å². The fourth-order valence-corrected chi connectivity index (χ4v) is 6.18. The molecule has 1 aromatic heterocycles. The third-order valence-electron chi connectivity index (χ3n) is 8.19. The molecular formula is C30H42ClN3O4. The first-order chi connectivity index (χ1) is 18.4. The second-order valence-electron chi connectivity index (χ2n) is 10.6. The van der Waals surface area contributed by atoms with Gasteiger partial charge in [0.15, 0.2) is 0 Å². The summed E-state index contributed by atoms with van der Waals surface area (Å²) in [5.41, 5.74) is 1.89. The molecule has 38 heavy (non-hydrogen) atoms. The standard InChI is InChI=1S/C30H42ClN3O4/c1-4-21-8-7-9-22(18-21)27-25(31)12-14-33-28(27)30(36,13-5-6-16-37-3)26-20-34(15-17-38-26)29(35)23-10-11-24(19-23)32-2/h7-9,12,14,18,23-24,26,32,36H,4-6,10-11,13,15-17,19-20H2,1-3H3/t23-,24+,26-,30+/m1/s1. The Morgan fingerprint density at radius 3 is 2.89 bits per heavy atom. The lowest BCUT2D eigenvalue weighted by atomic mass is 9.82. The fraction of sp³-hybridized carbons (Fsp3) is 0.600. The van der Waals surface area contributed by atoms with Crippen molar-refractivity contribution in [2.45, 2.75) is 69.6 Å². The minimum Gasteiger partial charge on any atom is -0.385 e. The number of aliphatic hydroxyl groups is 1. The van der Waals surface area contributed by atoms with Crippen molar-refractivity contribution in [2.24, 2.45) is 5.92 Å². The summed E-state index contributed by atoms with van der Waals surface area (Å²) in [6, 6.07) is 10.4. The van der Waals surface area contributed by atoms with Crippen molar-refractivity contribution in [3.05, 3.63) is 52.8 Å². The van der Waals surface area contributed by atoms with Gasteiger partial charge in [-0.05, 0) is 69.2 Å². The number of halogens is 1. The number of carbonyl (C=O) groups is 1. The minimum absolute atomic E-state index is 0.0117. The number of hydrogen-bond acceptors (Lipinski definition) is 6. The lowest BCUT2D eigenvalue weighted by Gasteiger charge is -2.43. The summed E-state index contributed by atoms with van der Waals surface area (Å²) in [5, 5.41) is 16.4. The number of methoxy groups -OCH3 is 1. The van der Waals surface area contributed by atoms with E-state index < -0.39 is 11.7 Å². The Bertz CT molecular complexity index is 1080. The van der Waals surface area contributed by atoms with E-state index in [2.05, 4.69) is 24.4 Å². The molecule has 0 spiro atoms. The van der Waals surface area contributed by atoms with E-state index in [-0.39, 0.29) is 11.8 Å². The summed E-state index contributed by atoms with van der Waals surface area (Å²) < 4.78 is 11.5. The molecule has 4 rings (SSSR count). The number of pyridine rings is 1. The molecule has 2 heterocycles. The van der Waals surface area contributed by atoms with Gasteiger partial charge in [-0.15, -0.1) is 0 Å². The van der Waals surface area contributed by atoms with Gasteiger partial charge in [-0.1, -0.05) is 42.8 Å². The Labute approximate surface area is 231 Å². The number of nitrogens with zero attached hydrogens (tertiary/aromatic N) is 2. The first-order valence-corrected chi connectivity index (χ1v) is 14.3. The van der Waals surface area contributed by atoms with Gasteiger partial charge in [0.1, 0.15) is 11.7 Å². The van der Waals surface area contributed by atoms with Crippen LogP contribution in [0.5, 0.6) is 0 Å². The van der Waals surface area contributed by atoms with Crippen molar-refractivity contribution in [1.29, 1.82) is 0 Å². The van der Waals surface area contributed by atoms with Gasteiger partial charge in [0.2, 0.25) is 5.91 Å². The van der Waals surface area contributed by atoms with Crippen LogP contribution in [0.4, 0.5) is 0 Å². The number of unbranched alkanes of at least 4 members (excludes halogenated alkanes) is 1. The lowest BCUT2D eigenvalue weighted by molar-refractivity contribution is -0.168. The molecule has 1 aliphatic heterocycles. The van der Waals surface area contributed by atoms with Crippen LogP contribution in [0.3, 0.4) is 0 Å². The molecule has 0 bridgehead atoms. The third kappa shape index (κ3) is 6.40. The Kier molecular flexibility index (Phi) is 10.2. The van der Waals surface area contributed by atoms with Gasteiger partial charge in [-0.3, -0.25) is 9.78 Å². The zero-order valence-corrected chi connectivity index (χ0v) is 23.7. The molecule has 1 aliphatic carbocycles. The highest BCUT2D eigenvalue weighted by Crippen LogP contribution is 2.42. The van der Waals surface area contributed by atoms with Crippen LogP contribution in [-0.2, 0) is 26.3 Å². The number of ether oxygens (including phenoxy) is 2. The van der Waals surface area contributed by atoms with Crippen LogP contribution in [-0.4, -0.2) is 73.5 Å². The number of aryl methyl sites for hydroxylation is 1. The number of hydrogen-bond donors (Lipinski definition) is 2. The minimum atomic E-state index is -1.43. The fourth-order valence-electron chi connectivity index (χ4n) is 5.93. The van der Waals surface area contributed by atoms with Crippen molar-refractivity contribution >= 4 is 17.5 Å². The zero-order chi connectivity index (χ0) is 27.1. The molecule has 1 aromatic carbocycles. The Hall–Kier alpha value is -2.03. The number of benzene rings is 1. The van der Waals surface area contributed by atoms with Crippen LogP contribution in [0.1, 0.15) is 56.7 Å². The molecule has 2 aliphatic rings. The molecule has 0 unspecified atom stereocenters. The highest BCUT2D eigenvalue weighted by Gasteiger charge is 2.46. The van der Waals surface area contributed by atoms with E-state index in [0.29, 0.717) is 55.9 Å². The smallest absolute Gasteiger partial charge is 0.225 e. The first kappa shape index (κ1) is 29.0. The van der Waals surface area contributed by atoms with Gasteiger partial charge >= 0.3 is 0 Å². The predicted octanol–water partition coefficient (Wildman–Crippen LogP) is 4.58. The molecule has 8 heteroatoms. The molecular weight excluding hydrogens is 502 g/mol. The van der Waals surface area contributed by atoms with E-state index in [9.17, 15) is 9.90 Å². The molecule has 2 fully saturated rings. The molecule has 0 radical (unpaired) electrons.